The maximum Gasteiger partial charge on any atom is 0.375 e. The minimum atomic E-state index is -0.693. The lowest BCUT2D eigenvalue weighted by atomic mass is 10.1. The molecule has 0 spiro atoms. The molecule has 1 heterocycles. The molecule has 0 aliphatic carbocycles. The monoisotopic (exact) mass is 411 g/mol. The summed E-state index contributed by atoms with van der Waals surface area (Å²) in [6, 6.07) is 14.8. The van der Waals surface area contributed by atoms with E-state index in [0.717, 1.165) is 16.7 Å². The fourth-order valence-corrected chi connectivity index (χ4v) is 3.07. The van der Waals surface area contributed by atoms with Crippen molar-refractivity contribution in [2.45, 2.75) is 20.1 Å². The lowest BCUT2D eigenvalue weighted by molar-refractivity contribution is -0.133. The molecule has 7 heteroatoms. The topological polar surface area (TPSA) is 78.2 Å². The minimum absolute atomic E-state index is 0.0556. The first-order valence-corrected chi connectivity index (χ1v) is 9.65. The van der Waals surface area contributed by atoms with Gasteiger partial charge in [-0.05, 0) is 30.7 Å². The van der Waals surface area contributed by atoms with Crippen molar-refractivity contribution in [2.75, 3.05) is 27.4 Å². The molecule has 0 unspecified atom stereocenters. The van der Waals surface area contributed by atoms with Crippen molar-refractivity contribution >= 4 is 22.8 Å². The predicted molar refractivity (Wildman–Crippen MR) is 111 cm³/mol. The van der Waals surface area contributed by atoms with Crippen LogP contribution in [0.5, 0.6) is 5.75 Å². The third kappa shape index (κ3) is 4.99. The lowest BCUT2D eigenvalue weighted by Crippen LogP contribution is -2.30. The molecule has 1 amide bonds. The van der Waals surface area contributed by atoms with Crippen LogP contribution in [0.4, 0.5) is 0 Å². The normalized spacial score (nSPS) is 10.8. The molecule has 0 aliphatic heterocycles. The minimum Gasteiger partial charge on any atom is -0.494 e. The van der Waals surface area contributed by atoms with E-state index >= 15 is 0 Å². The van der Waals surface area contributed by atoms with Crippen molar-refractivity contribution < 1.29 is 28.2 Å². The number of fused-ring (bicyclic) bond motifs is 1. The standard InChI is InChI=1S/C23H25NO6/c1-4-28-17-11-9-16(10-12-17)13-24(2)21(25)15-29-23(26)22-19(14-27-3)18-7-5-6-8-20(18)30-22/h5-12H,4,13-15H2,1-3H3. The van der Waals surface area contributed by atoms with Gasteiger partial charge in [0, 0.05) is 31.7 Å². The van der Waals surface area contributed by atoms with Gasteiger partial charge in [-0.2, -0.15) is 0 Å². The molecule has 0 saturated carbocycles. The van der Waals surface area contributed by atoms with Gasteiger partial charge in [0.1, 0.15) is 11.3 Å². The van der Waals surface area contributed by atoms with E-state index in [1.807, 2.05) is 49.4 Å². The summed E-state index contributed by atoms with van der Waals surface area (Å²) in [5.41, 5.74) is 2.11. The van der Waals surface area contributed by atoms with Gasteiger partial charge in [-0.3, -0.25) is 4.79 Å². The van der Waals surface area contributed by atoms with Gasteiger partial charge in [0.05, 0.1) is 13.2 Å². The van der Waals surface area contributed by atoms with Gasteiger partial charge in [-0.15, -0.1) is 0 Å². The summed E-state index contributed by atoms with van der Waals surface area (Å²) in [7, 11) is 3.19. The molecule has 2 aromatic carbocycles. The van der Waals surface area contributed by atoms with Crippen LogP contribution in [0.2, 0.25) is 0 Å². The van der Waals surface area contributed by atoms with Gasteiger partial charge in [0.25, 0.3) is 5.91 Å². The van der Waals surface area contributed by atoms with Crippen molar-refractivity contribution in [3.63, 3.8) is 0 Å². The highest BCUT2D eigenvalue weighted by Crippen LogP contribution is 2.27. The lowest BCUT2D eigenvalue weighted by Gasteiger charge is -2.17. The third-order valence-corrected chi connectivity index (χ3v) is 4.58. The summed E-state index contributed by atoms with van der Waals surface area (Å²) in [6.45, 7) is 2.73. The van der Waals surface area contributed by atoms with Gasteiger partial charge < -0.3 is 23.5 Å². The Hall–Kier alpha value is -3.32. The van der Waals surface area contributed by atoms with Crippen molar-refractivity contribution in [2.24, 2.45) is 0 Å². The number of furan rings is 1. The highest BCUT2D eigenvalue weighted by atomic mass is 16.5. The Labute approximate surface area is 175 Å². The van der Waals surface area contributed by atoms with E-state index in [1.165, 1.54) is 12.0 Å². The van der Waals surface area contributed by atoms with Crippen LogP contribution < -0.4 is 4.74 Å². The smallest absolute Gasteiger partial charge is 0.375 e. The van der Waals surface area contributed by atoms with Gasteiger partial charge >= 0.3 is 5.97 Å². The third-order valence-electron chi connectivity index (χ3n) is 4.58. The van der Waals surface area contributed by atoms with E-state index in [-0.39, 0.29) is 24.9 Å². The molecule has 0 atom stereocenters. The highest BCUT2D eigenvalue weighted by molar-refractivity contribution is 5.96. The van der Waals surface area contributed by atoms with Gasteiger partial charge in [0.15, 0.2) is 6.61 Å². The largest absolute Gasteiger partial charge is 0.494 e. The second-order valence-corrected chi connectivity index (χ2v) is 6.74. The Kier molecular flexibility index (Phi) is 7.08. The van der Waals surface area contributed by atoms with Gasteiger partial charge in [-0.1, -0.05) is 30.3 Å². The Bertz CT molecular complexity index is 1010. The number of para-hydroxylation sites is 1. The molecular formula is C23H25NO6. The summed E-state index contributed by atoms with van der Waals surface area (Å²) in [5, 5.41) is 0.783. The number of hydrogen-bond donors (Lipinski definition) is 0. The SMILES string of the molecule is CCOc1ccc(CN(C)C(=O)COC(=O)c2oc3ccccc3c2COC)cc1. The first-order valence-electron chi connectivity index (χ1n) is 9.65. The Morgan fingerprint density at radius 2 is 1.80 bits per heavy atom. The van der Waals surface area contributed by atoms with E-state index in [0.29, 0.717) is 24.3 Å². The average Bonchev–Trinajstić information content (AvgIpc) is 3.12. The second kappa shape index (κ2) is 9.93. The van der Waals surface area contributed by atoms with E-state index < -0.39 is 5.97 Å². The highest BCUT2D eigenvalue weighted by Gasteiger charge is 2.23. The number of methoxy groups -OCH3 is 1. The molecule has 3 rings (SSSR count). The zero-order valence-electron chi connectivity index (χ0n) is 17.3. The first kappa shape index (κ1) is 21.4. The molecule has 0 radical (unpaired) electrons. The molecule has 0 saturated heterocycles. The number of benzene rings is 2. The summed E-state index contributed by atoms with van der Waals surface area (Å²) in [4.78, 5) is 26.4. The zero-order valence-corrected chi connectivity index (χ0v) is 17.3. The van der Waals surface area contributed by atoms with Crippen LogP contribution in [0, 0.1) is 0 Å². The summed E-state index contributed by atoms with van der Waals surface area (Å²) >= 11 is 0. The van der Waals surface area contributed by atoms with Gasteiger partial charge in [0.2, 0.25) is 5.76 Å². The van der Waals surface area contributed by atoms with Crippen molar-refractivity contribution in [1.29, 1.82) is 0 Å². The number of likely N-dealkylation sites (N-methyl/N-ethyl adjacent to an activating group) is 1. The number of carbonyl (C=O) groups excluding carboxylic acids is 2. The van der Waals surface area contributed by atoms with Crippen LogP contribution in [-0.4, -0.2) is 44.1 Å². The predicted octanol–water partition coefficient (Wildman–Crippen LogP) is 3.79. The number of ether oxygens (including phenoxy) is 3. The number of rotatable bonds is 9. The van der Waals surface area contributed by atoms with E-state index in [1.54, 1.807) is 13.1 Å². The Morgan fingerprint density at radius 1 is 1.07 bits per heavy atom. The van der Waals surface area contributed by atoms with Crippen molar-refractivity contribution in [1.82, 2.24) is 4.90 Å². The molecule has 30 heavy (non-hydrogen) atoms. The van der Waals surface area contributed by atoms with Crippen LogP contribution in [-0.2, 0) is 27.4 Å². The fourth-order valence-electron chi connectivity index (χ4n) is 3.07. The summed E-state index contributed by atoms with van der Waals surface area (Å²) < 4.78 is 21.5. The fraction of sp³-hybridized carbons (Fsp3) is 0.304. The quantitative estimate of drug-likeness (QED) is 0.499. The van der Waals surface area contributed by atoms with E-state index in [2.05, 4.69) is 0 Å². The van der Waals surface area contributed by atoms with Crippen LogP contribution in [0.1, 0.15) is 28.6 Å². The van der Waals surface area contributed by atoms with Crippen LogP contribution in [0.15, 0.2) is 52.9 Å². The maximum absolute atomic E-state index is 12.5. The van der Waals surface area contributed by atoms with Crippen molar-refractivity contribution in [3.8, 4) is 5.75 Å². The Morgan fingerprint density at radius 3 is 2.50 bits per heavy atom. The molecule has 7 nitrogen and oxygen atoms in total. The zero-order chi connectivity index (χ0) is 21.5. The molecule has 158 valence electrons. The van der Waals surface area contributed by atoms with E-state index in [9.17, 15) is 9.59 Å². The van der Waals surface area contributed by atoms with E-state index in [4.69, 9.17) is 18.6 Å². The summed E-state index contributed by atoms with van der Waals surface area (Å²) in [6.07, 6.45) is 0. The number of hydrogen-bond acceptors (Lipinski definition) is 6. The molecule has 0 N–H and O–H groups in total. The first-order chi connectivity index (χ1) is 14.5. The number of carbonyl (C=O) groups is 2. The molecule has 1 aromatic heterocycles. The molecule has 3 aromatic rings. The molecule has 0 aliphatic rings. The van der Waals surface area contributed by atoms with Crippen LogP contribution in [0.25, 0.3) is 11.0 Å². The average molecular weight is 411 g/mol. The second-order valence-electron chi connectivity index (χ2n) is 6.74. The number of nitrogens with zero attached hydrogens (tertiary/aromatic N) is 1. The molecule has 0 fully saturated rings. The number of amides is 1. The maximum atomic E-state index is 12.5. The van der Waals surface area contributed by atoms with Crippen molar-refractivity contribution in [3.05, 3.63) is 65.4 Å². The Balaban J connectivity index is 1.60. The van der Waals surface area contributed by atoms with Crippen LogP contribution >= 0.6 is 0 Å². The molecular weight excluding hydrogens is 386 g/mol. The summed E-state index contributed by atoms with van der Waals surface area (Å²) in [5.74, 6) is -0.176. The van der Waals surface area contributed by atoms with Crippen LogP contribution in [0.3, 0.4) is 0 Å². The van der Waals surface area contributed by atoms with Gasteiger partial charge in [-0.25, -0.2) is 4.79 Å². The number of esters is 1. The molecule has 0 bridgehead atoms.